The quantitative estimate of drug-likeness (QED) is 0.466. The average Bonchev–Trinajstić information content (AvgIpc) is 2.90. The van der Waals surface area contributed by atoms with Gasteiger partial charge >= 0.3 is 0 Å². The summed E-state index contributed by atoms with van der Waals surface area (Å²) in [5, 5.41) is 3.82. The minimum atomic E-state index is -0.391. The van der Waals surface area contributed by atoms with Crippen molar-refractivity contribution in [3.63, 3.8) is 0 Å². The van der Waals surface area contributed by atoms with Crippen LogP contribution in [0.4, 0.5) is 5.69 Å². The highest BCUT2D eigenvalue weighted by molar-refractivity contribution is 8.00. The van der Waals surface area contributed by atoms with E-state index >= 15 is 0 Å². The zero-order valence-electron chi connectivity index (χ0n) is 17.0. The Bertz CT molecular complexity index is 1080. The van der Waals surface area contributed by atoms with Gasteiger partial charge in [-0.25, -0.2) is 4.98 Å². The van der Waals surface area contributed by atoms with Gasteiger partial charge in [0.15, 0.2) is 5.16 Å². The van der Waals surface area contributed by atoms with Gasteiger partial charge in [0.25, 0.3) is 5.56 Å². The van der Waals surface area contributed by atoms with Gasteiger partial charge in [-0.3, -0.25) is 14.2 Å². The maximum Gasteiger partial charge on any atom is 0.263 e. The number of aromatic nitrogens is 2. The number of carbonyl (C=O) groups is 1. The molecule has 148 valence electrons. The van der Waals surface area contributed by atoms with Crippen LogP contribution in [0.15, 0.2) is 34.2 Å². The summed E-state index contributed by atoms with van der Waals surface area (Å²) in [6.45, 7) is 11.7. The molecule has 7 heteroatoms. The molecule has 1 N–H and O–H groups in total. The number of thioether (sulfide) groups is 1. The van der Waals surface area contributed by atoms with Crippen molar-refractivity contribution in [3.05, 3.63) is 50.6 Å². The van der Waals surface area contributed by atoms with E-state index in [4.69, 9.17) is 4.98 Å². The summed E-state index contributed by atoms with van der Waals surface area (Å²) >= 11 is 2.85. The van der Waals surface area contributed by atoms with E-state index in [-0.39, 0.29) is 17.5 Å². The average molecular weight is 416 g/mol. The van der Waals surface area contributed by atoms with Crippen LogP contribution >= 0.6 is 23.1 Å². The fourth-order valence-electron chi connectivity index (χ4n) is 2.92. The number of nitrogens with one attached hydrogen (secondary N) is 1. The van der Waals surface area contributed by atoms with Crippen molar-refractivity contribution in [2.75, 3.05) is 5.32 Å². The first-order chi connectivity index (χ1) is 13.2. The van der Waals surface area contributed by atoms with Crippen molar-refractivity contribution in [1.82, 2.24) is 9.55 Å². The van der Waals surface area contributed by atoms with Gasteiger partial charge in [0.1, 0.15) is 4.83 Å². The Kier molecular flexibility index (Phi) is 5.95. The predicted molar refractivity (Wildman–Crippen MR) is 119 cm³/mol. The number of hydrogen-bond acceptors (Lipinski definition) is 5. The Morgan fingerprint density at radius 1 is 1.14 bits per heavy atom. The molecule has 0 unspecified atom stereocenters. The number of rotatable bonds is 5. The van der Waals surface area contributed by atoms with Crippen LogP contribution in [0.25, 0.3) is 10.2 Å². The first kappa shape index (κ1) is 20.6. The van der Waals surface area contributed by atoms with Gasteiger partial charge in [0.2, 0.25) is 5.91 Å². The topological polar surface area (TPSA) is 64.0 Å². The second-order valence-corrected chi connectivity index (χ2v) is 9.75. The highest BCUT2D eigenvalue weighted by atomic mass is 32.2. The van der Waals surface area contributed by atoms with E-state index in [1.165, 1.54) is 23.1 Å². The van der Waals surface area contributed by atoms with E-state index in [0.29, 0.717) is 10.5 Å². The van der Waals surface area contributed by atoms with E-state index in [0.717, 1.165) is 26.5 Å². The number of hydrogen-bond donors (Lipinski definition) is 1. The van der Waals surface area contributed by atoms with Crippen molar-refractivity contribution >= 4 is 44.9 Å². The molecule has 0 saturated heterocycles. The molecule has 5 nitrogen and oxygen atoms in total. The summed E-state index contributed by atoms with van der Waals surface area (Å²) < 4.78 is 1.70. The van der Waals surface area contributed by atoms with Gasteiger partial charge in [0.05, 0.1) is 10.6 Å². The third-order valence-corrected chi connectivity index (χ3v) is 6.86. The second kappa shape index (κ2) is 8.09. The fraction of sp³-hybridized carbons (Fsp3) is 0.381. The molecule has 0 aliphatic heterocycles. The number of amides is 1. The van der Waals surface area contributed by atoms with Gasteiger partial charge < -0.3 is 5.32 Å². The maximum absolute atomic E-state index is 13.1. The van der Waals surface area contributed by atoms with Crippen molar-refractivity contribution in [2.24, 2.45) is 0 Å². The molecule has 0 aliphatic rings. The molecular weight excluding hydrogens is 390 g/mol. The normalized spacial score (nSPS) is 12.5. The van der Waals surface area contributed by atoms with Gasteiger partial charge in [-0.05, 0) is 59.2 Å². The maximum atomic E-state index is 13.1. The molecule has 2 heterocycles. The van der Waals surface area contributed by atoms with E-state index in [1.807, 2.05) is 65.8 Å². The Labute approximate surface area is 173 Å². The molecule has 1 aromatic carbocycles. The zero-order chi connectivity index (χ0) is 20.6. The Morgan fingerprint density at radius 2 is 1.79 bits per heavy atom. The number of anilines is 1. The molecule has 3 rings (SSSR count). The summed E-state index contributed by atoms with van der Waals surface area (Å²) in [5.74, 6) is -0.114. The molecule has 2 aromatic heterocycles. The van der Waals surface area contributed by atoms with Crippen LogP contribution in [0.2, 0.25) is 0 Å². The van der Waals surface area contributed by atoms with Crippen LogP contribution in [0.1, 0.15) is 42.8 Å². The monoisotopic (exact) mass is 415 g/mol. The molecule has 1 amide bonds. The summed E-state index contributed by atoms with van der Waals surface area (Å²) in [5.41, 5.74) is 2.86. The lowest BCUT2D eigenvalue weighted by Gasteiger charge is -2.18. The van der Waals surface area contributed by atoms with Crippen LogP contribution in [-0.4, -0.2) is 20.7 Å². The molecule has 3 aromatic rings. The van der Waals surface area contributed by atoms with Gasteiger partial charge in [-0.2, -0.15) is 0 Å². The number of nitrogens with zero attached hydrogens (tertiary/aromatic N) is 2. The van der Waals surface area contributed by atoms with Gasteiger partial charge in [-0.15, -0.1) is 11.3 Å². The lowest BCUT2D eigenvalue weighted by molar-refractivity contribution is -0.115. The third-order valence-electron chi connectivity index (χ3n) is 4.69. The van der Waals surface area contributed by atoms with Crippen LogP contribution in [0, 0.1) is 20.8 Å². The summed E-state index contributed by atoms with van der Waals surface area (Å²) in [7, 11) is 0. The molecular formula is C21H25N3O2S2. The predicted octanol–water partition coefficient (Wildman–Crippen LogP) is 5.08. The molecule has 1 atom stereocenters. The standard InChI is InChI=1S/C21H25N3O2S2/c1-11(2)24-20(26)17-13(4)14(5)27-19(17)23-21(24)28-15(6)18(25)22-16-9-7-12(3)8-10-16/h7-11,15H,1-6H3,(H,22,25)/t15-/m1/s1. The molecule has 0 radical (unpaired) electrons. The largest absolute Gasteiger partial charge is 0.325 e. The highest BCUT2D eigenvalue weighted by Crippen LogP contribution is 2.31. The Balaban J connectivity index is 1.92. The summed E-state index contributed by atoms with van der Waals surface area (Å²) in [6, 6.07) is 7.65. The van der Waals surface area contributed by atoms with Crippen LogP contribution < -0.4 is 10.9 Å². The van der Waals surface area contributed by atoms with E-state index in [1.54, 1.807) is 4.57 Å². The van der Waals surface area contributed by atoms with Crippen molar-refractivity contribution in [2.45, 2.75) is 58.0 Å². The van der Waals surface area contributed by atoms with Crippen molar-refractivity contribution in [1.29, 1.82) is 0 Å². The lowest BCUT2D eigenvalue weighted by Crippen LogP contribution is -2.28. The number of fused-ring (bicyclic) bond motifs is 1. The number of carbonyl (C=O) groups excluding carboxylic acids is 1. The smallest absolute Gasteiger partial charge is 0.263 e. The van der Waals surface area contributed by atoms with E-state index < -0.39 is 5.25 Å². The van der Waals surface area contributed by atoms with E-state index in [2.05, 4.69) is 5.32 Å². The van der Waals surface area contributed by atoms with Crippen LogP contribution in [-0.2, 0) is 4.79 Å². The van der Waals surface area contributed by atoms with Crippen LogP contribution in [0.5, 0.6) is 0 Å². The third kappa shape index (κ3) is 4.00. The van der Waals surface area contributed by atoms with Crippen molar-refractivity contribution < 1.29 is 4.79 Å². The molecule has 28 heavy (non-hydrogen) atoms. The Morgan fingerprint density at radius 3 is 2.39 bits per heavy atom. The molecule has 0 spiro atoms. The Hall–Kier alpha value is -2.12. The minimum absolute atomic E-state index is 0.0320. The molecule has 0 aliphatic carbocycles. The van der Waals surface area contributed by atoms with Gasteiger partial charge in [-0.1, -0.05) is 29.5 Å². The molecule has 0 saturated carbocycles. The first-order valence-electron chi connectivity index (χ1n) is 9.25. The highest BCUT2D eigenvalue weighted by Gasteiger charge is 2.22. The summed E-state index contributed by atoms with van der Waals surface area (Å²) in [4.78, 5) is 32.3. The number of benzene rings is 1. The SMILES string of the molecule is Cc1ccc(NC(=O)[C@@H](C)Sc2nc3sc(C)c(C)c3c(=O)n2C(C)C)cc1. The van der Waals surface area contributed by atoms with E-state index in [9.17, 15) is 9.59 Å². The zero-order valence-corrected chi connectivity index (χ0v) is 18.6. The molecule has 0 bridgehead atoms. The number of thiophene rings is 1. The second-order valence-electron chi connectivity index (χ2n) is 7.24. The van der Waals surface area contributed by atoms with Crippen LogP contribution in [0.3, 0.4) is 0 Å². The lowest BCUT2D eigenvalue weighted by atomic mass is 10.2. The van der Waals surface area contributed by atoms with Gasteiger partial charge in [0, 0.05) is 16.6 Å². The summed E-state index contributed by atoms with van der Waals surface area (Å²) in [6.07, 6.45) is 0. The fourth-order valence-corrected chi connectivity index (χ4v) is 5.03. The minimum Gasteiger partial charge on any atom is -0.325 e. The first-order valence-corrected chi connectivity index (χ1v) is 10.9. The molecule has 0 fully saturated rings. The number of aryl methyl sites for hydroxylation is 3. The van der Waals surface area contributed by atoms with Crippen molar-refractivity contribution in [3.8, 4) is 0 Å².